The fourth-order valence-electron chi connectivity index (χ4n) is 2.34. The SMILES string of the molecule is Cc1ccccc1SCC(=O)NCCN1CCN(C)CC1. The molecule has 1 amide bonds. The van der Waals surface area contributed by atoms with E-state index >= 15 is 0 Å². The first-order valence-electron chi connectivity index (χ1n) is 7.51. The Labute approximate surface area is 131 Å². The zero-order chi connectivity index (χ0) is 15.1. The van der Waals surface area contributed by atoms with Gasteiger partial charge in [-0.2, -0.15) is 0 Å². The monoisotopic (exact) mass is 307 g/mol. The van der Waals surface area contributed by atoms with Gasteiger partial charge in [0.25, 0.3) is 0 Å². The molecule has 1 aromatic carbocycles. The topological polar surface area (TPSA) is 35.6 Å². The van der Waals surface area contributed by atoms with Crippen LogP contribution in [0.3, 0.4) is 0 Å². The fraction of sp³-hybridized carbons (Fsp3) is 0.562. The van der Waals surface area contributed by atoms with E-state index in [2.05, 4.69) is 41.2 Å². The Morgan fingerprint density at radius 3 is 2.67 bits per heavy atom. The molecule has 4 nitrogen and oxygen atoms in total. The number of aryl methyl sites for hydroxylation is 1. The third-order valence-corrected chi connectivity index (χ3v) is 4.97. The van der Waals surface area contributed by atoms with Crippen LogP contribution in [0.5, 0.6) is 0 Å². The Morgan fingerprint density at radius 1 is 1.24 bits per heavy atom. The maximum Gasteiger partial charge on any atom is 0.230 e. The van der Waals surface area contributed by atoms with Crippen LogP contribution in [0.1, 0.15) is 5.56 Å². The van der Waals surface area contributed by atoms with Crippen molar-refractivity contribution in [2.75, 3.05) is 52.1 Å². The first-order chi connectivity index (χ1) is 10.1. The second kappa shape index (κ2) is 8.41. The van der Waals surface area contributed by atoms with E-state index < -0.39 is 0 Å². The number of nitrogens with one attached hydrogen (secondary N) is 1. The van der Waals surface area contributed by atoms with E-state index in [-0.39, 0.29) is 5.91 Å². The maximum atomic E-state index is 11.9. The average molecular weight is 307 g/mol. The molecule has 1 aliphatic rings. The van der Waals surface area contributed by atoms with Crippen LogP contribution < -0.4 is 5.32 Å². The standard InChI is InChI=1S/C16H25N3OS/c1-14-5-3-4-6-15(14)21-13-16(20)17-7-8-19-11-9-18(2)10-12-19/h3-6H,7-13H2,1-2H3,(H,17,20). The van der Waals surface area contributed by atoms with Crippen molar-refractivity contribution in [1.29, 1.82) is 0 Å². The number of carbonyl (C=O) groups is 1. The van der Waals surface area contributed by atoms with Crippen LogP contribution >= 0.6 is 11.8 Å². The minimum Gasteiger partial charge on any atom is -0.354 e. The molecular weight excluding hydrogens is 282 g/mol. The molecule has 0 unspecified atom stereocenters. The fourth-order valence-corrected chi connectivity index (χ4v) is 3.20. The number of piperazine rings is 1. The average Bonchev–Trinajstić information content (AvgIpc) is 2.48. The molecule has 1 fully saturated rings. The van der Waals surface area contributed by atoms with E-state index in [0.717, 1.165) is 39.3 Å². The number of amides is 1. The quantitative estimate of drug-likeness (QED) is 0.807. The van der Waals surface area contributed by atoms with Gasteiger partial charge < -0.3 is 10.2 Å². The van der Waals surface area contributed by atoms with E-state index in [1.165, 1.54) is 10.5 Å². The molecule has 1 saturated heterocycles. The van der Waals surface area contributed by atoms with E-state index in [1.807, 2.05) is 12.1 Å². The van der Waals surface area contributed by atoms with Gasteiger partial charge in [0, 0.05) is 44.2 Å². The van der Waals surface area contributed by atoms with Gasteiger partial charge in [0.05, 0.1) is 5.75 Å². The summed E-state index contributed by atoms with van der Waals surface area (Å²) in [6.07, 6.45) is 0. The van der Waals surface area contributed by atoms with Gasteiger partial charge in [-0.15, -0.1) is 11.8 Å². The predicted molar refractivity (Wildman–Crippen MR) is 88.8 cm³/mol. The Hall–Kier alpha value is -1.04. The number of carbonyl (C=O) groups excluding carboxylic acids is 1. The number of thioether (sulfide) groups is 1. The maximum absolute atomic E-state index is 11.9. The molecule has 0 aliphatic carbocycles. The molecule has 1 aromatic rings. The van der Waals surface area contributed by atoms with Crippen molar-refractivity contribution in [3.05, 3.63) is 29.8 Å². The van der Waals surface area contributed by atoms with Crippen molar-refractivity contribution >= 4 is 17.7 Å². The summed E-state index contributed by atoms with van der Waals surface area (Å²) in [5.41, 5.74) is 1.23. The zero-order valence-corrected chi connectivity index (χ0v) is 13.8. The summed E-state index contributed by atoms with van der Waals surface area (Å²) in [4.78, 5) is 17.8. The van der Waals surface area contributed by atoms with Crippen LogP contribution in [-0.4, -0.2) is 67.8 Å². The van der Waals surface area contributed by atoms with Crippen LogP contribution in [0.2, 0.25) is 0 Å². The normalized spacial score (nSPS) is 16.9. The highest BCUT2D eigenvalue weighted by molar-refractivity contribution is 8.00. The third kappa shape index (κ3) is 5.69. The summed E-state index contributed by atoms with van der Waals surface area (Å²) in [7, 11) is 2.15. The van der Waals surface area contributed by atoms with Crippen molar-refractivity contribution in [2.24, 2.45) is 0 Å². The highest BCUT2D eigenvalue weighted by Crippen LogP contribution is 2.21. The van der Waals surface area contributed by atoms with Gasteiger partial charge in [-0.1, -0.05) is 18.2 Å². The van der Waals surface area contributed by atoms with Gasteiger partial charge >= 0.3 is 0 Å². The molecule has 0 atom stereocenters. The predicted octanol–water partition coefficient (Wildman–Crippen LogP) is 1.45. The zero-order valence-electron chi connectivity index (χ0n) is 13.0. The number of rotatable bonds is 6. The van der Waals surface area contributed by atoms with Gasteiger partial charge in [-0.3, -0.25) is 9.69 Å². The van der Waals surface area contributed by atoms with Crippen LogP contribution in [0, 0.1) is 6.92 Å². The summed E-state index contributed by atoms with van der Waals surface area (Å²) < 4.78 is 0. The summed E-state index contributed by atoms with van der Waals surface area (Å²) in [5, 5.41) is 3.02. The molecule has 1 aliphatic heterocycles. The molecule has 116 valence electrons. The second-order valence-corrected chi connectivity index (χ2v) is 6.57. The summed E-state index contributed by atoms with van der Waals surface area (Å²) in [6, 6.07) is 8.18. The van der Waals surface area contributed by atoms with E-state index in [1.54, 1.807) is 11.8 Å². The van der Waals surface area contributed by atoms with Crippen molar-refractivity contribution in [2.45, 2.75) is 11.8 Å². The van der Waals surface area contributed by atoms with Gasteiger partial charge in [-0.05, 0) is 25.6 Å². The summed E-state index contributed by atoms with van der Waals surface area (Å²) in [5.74, 6) is 0.616. The van der Waals surface area contributed by atoms with Crippen LogP contribution in [0.4, 0.5) is 0 Å². The number of likely N-dealkylation sites (N-methyl/N-ethyl adjacent to an activating group) is 1. The smallest absolute Gasteiger partial charge is 0.230 e. The molecule has 2 rings (SSSR count). The molecule has 0 radical (unpaired) electrons. The molecule has 0 bridgehead atoms. The van der Waals surface area contributed by atoms with Crippen LogP contribution in [0.25, 0.3) is 0 Å². The lowest BCUT2D eigenvalue weighted by molar-refractivity contribution is -0.118. The minimum atomic E-state index is 0.123. The van der Waals surface area contributed by atoms with Crippen molar-refractivity contribution < 1.29 is 4.79 Å². The lowest BCUT2D eigenvalue weighted by atomic mass is 10.2. The van der Waals surface area contributed by atoms with Crippen molar-refractivity contribution in [3.63, 3.8) is 0 Å². The van der Waals surface area contributed by atoms with Gasteiger partial charge in [0.2, 0.25) is 5.91 Å². The molecule has 1 heterocycles. The first-order valence-corrected chi connectivity index (χ1v) is 8.50. The second-order valence-electron chi connectivity index (χ2n) is 5.55. The van der Waals surface area contributed by atoms with E-state index in [4.69, 9.17) is 0 Å². The number of nitrogens with zero attached hydrogens (tertiary/aromatic N) is 2. The Morgan fingerprint density at radius 2 is 1.95 bits per heavy atom. The Balaban J connectivity index is 1.61. The molecule has 21 heavy (non-hydrogen) atoms. The number of hydrogen-bond donors (Lipinski definition) is 1. The molecule has 1 N–H and O–H groups in total. The van der Waals surface area contributed by atoms with Crippen molar-refractivity contribution in [3.8, 4) is 0 Å². The van der Waals surface area contributed by atoms with Gasteiger partial charge in [-0.25, -0.2) is 0 Å². The molecule has 0 aromatic heterocycles. The van der Waals surface area contributed by atoms with Crippen LogP contribution in [-0.2, 0) is 4.79 Å². The van der Waals surface area contributed by atoms with Crippen molar-refractivity contribution in [1.82, 2.24) is 15.1 Å². The van der Waals surface area contributed by atoms with E-state index in [0.29, 0.717) is 5.75 Å². The Bertz CT molecular complexity index is 459. The summed E-state index contributed by atoms with van der Waals surface area (Å²) in [6.45, 7) is 8.22. The molecular formula is C16H25N3OS. The Kier molecular flexibility index (Phi) is 6.54. The third-order valence-electron chi connectivity index (χ3n) is 3.80. The summed E-state index contributed by atoms with van der Waals surface area (Å²) >= 11 is 1.61. The van der Waals surface area contributed by atoms with Gasteiger partial charge in [0.15, 0.2) is 0 Å². The lowest BCUT2D eigenvalue weighted by Crippen LogP contribution is -2.47. The highest BCUT2D eigenvalue weighted by atomic mass is 32.2. The molecule has 0 saturated carbocycles. The minimum absolute atomic E-state index is 0.123. The highest BCUT2D eigenvalue weighted by Gasteiger charge is 2.13. The van der Waals surface area contributed by atoms with E-state index in [9.17, 15) is 4.79 Å². The van der Waals surface area contributed by atoms with Crippen LogP contribution in [0.15, 0.2) is 29.2 Å². The molecule has 5 heteroatoms. The van der Waals surface area contributed by atoms with Gasteiger partial charge in [0.1, 0.15) is 0 Å². The largest absolute Gasteiger partial charge is 0.354 e. The number of hydrogen-bond acceptors (Lipinski definition) is 4. The first kappa shape index (κ1) is 16.3. The number of benzene rings is 1. The molecule has 0 spiro atoms. The lowest BCUT2D eigenvalue weighted by Gasteiger charge is -2.32.